The van der Waals surface area contributed by atoms with Crippen molar-refractivity contribution in [1.82, 2.24) is 0 Å². The lowest BCUT2D eigenvalue weighted by molar-refractivity contribution is -0.161. The van der Waals surface area contributed by atoms with Crippen molar-refractivity contribution in [1.29, 1.82) is 0 Å². The zero-order valence-corrected chi connectivity index (χ0v) is 42.5. The Balaban J connectivity index is 4.85. The van der Waals surface area contributed by atoms with Gasteiger partial charge in [-0.3, -0.25) is 23.4 Å². The fourth-order valence-corrected chi connectivity index (χ4v) is 7.42. The molecule has 0 bridgehead atoms. The van der Waals surface area contributed by atoms with E-state index in [1.807, 2.05) is 12.2 Å². The Labute approximate surface area is 401 Å². The minimum absolute atomic E-state index is 0.102. The fraction of sp³-hybridized carbons (Fsp3) is 0.722. The molecule has 0 aliphatic rings. The van der Waals surface area contributed by atoms with Gasteiger partial charge in [-0.2, -0.15) is 0 Å². The lowest BCUT2D eigenvalue weighted by Gasteiger charge is -2.21. The number of ether oxygens (including phenoxy) is 3. The molecule has 0 fully saturated rings. The second-order valence-electron chi connectivity index (χ2n) is 16.9. The van der Waals surface area contributed by atoms with E-state index >= 15 is 0 Å². The first-order chi connectivity index (χ1) is 32.2. The van der Waals surface area contributed by atoms with Crippen molar-refractivity contribution in [3.8, 4) is 0 Å². The first kappa shape index (κ1) is 62.9. The minimum Gasteiger partial charge on any atom is -0.462 e. The van der Waals surface area contributed by atoms with Gasteiger partial charge in [0.15, 0.2) is 6.10 Å². The van der Waals surface area contributed by atoms with E-state index in [2.05, 4.69) is 81.5 Å². The number of aliphatic hydroxyl groups is 1. The number of allylic oxidation sites excluding steroid dienone is 12. The molecule has 0 aromatic rings. The number of phosphoric acid groups is 1. The maximum atomic E-state index is 12.8. The van der Waals surface area contributed by atoms with E-state index in [-0.39, 0.29) is 25.9 Å². The number of rotatable bonds is 47. The van der Waals surface area contributed by atoms with Crippen molar-refractivity contribution >= 4 is 25.7 Å². The van der Waals surface area contributed by atoms with Gasteiger partial charge in [-0.05, 0) is 89.9 Å². The van der Waals surface area contributed by atoms with E-state index in [9.17, 15) is 28.9 Å². The van der Waals surface area contributed by atoms with Crippen LogP contribution in [0.2, 0.25) is 0 Å². The van der Waals surface area contributed by atoms with Gasteiger partial charge >= 0.3 is 25.7 Å². The third kappa shape index (κ3) is 46.0. The van der Waals surface area contributed by atoms with Crippen LogP contribution in [0.25, 0.3) is 0 Å². The van der Waals surface area contributed by atoms with Crippen molar-refractivity contribution in [3.63, 3.8) is 0 Å². The zero-order valence-electron chi connectivity index (χ0n) is 41.6. The fourth-order valence-electron chi connectivity index (χ4n) is 6.64. The second-order valence-corrected chi connectivity index (χ2v) is 18.4. The molecule has 3 unspecified atom stereocenters. The van der Waals surface area contributed by atoms with E-state index in [0.29, 0.717) is 19.3 Å². The Morgan fingerprint density at radius 1 is 0.439 bits per heavy atom. The predicted octanol–water partition coefficient (Wildman–Crippen LogP) is 14.6. The van der Waals surface area contributed by atoms with Crippen LogP contribution >= 0.6 is 7.82 Å². The Bertz CT molecular complexity index is 1390. The molecule has 380 valence electrons. The van der Waals surface area contributed by atoms with Crippen molar-refractivity contribution < 1.29 is 52.2 Å². The molecule has 66 heavy (non-hydrogen) atoms. The largest absolute Gasteiger partial charge is 0.472 e. The van der Waals surface area contributed by atoms with Gasteiger partial charge < -0.3 is 24.2 Å². The number of carbonyl (C=O) groups is 3. The van der Waals surface area contributed by atoms with Crippen LogP contribution in [0, 0.1) is 0 Å². The summed E-state index contributed by atoms with van der Waals surface area (Å²) in [5.74, 6) is -1.59. The average Bonchev–Trinajstić information content (AvgIpc) is 3.30. The normalized spacial score (nSPS) is 14.1. The van der Waals surface area contributed by atoms with Gasteiger partial charge in [-0.15, -0.1) is 0 Å². The Morgan fingerprint density at radius 2 is 0.833 bits per heavy atom. The van der Waals surface area contributed by atoms with Gasteiger partial charge in [0.1, 0.15) is 12.7 Å². The quantitative estimate of drug-likeness (QED) is 0.0197. The van der Waals surface area contributed by atoms with Gasteiger partial charge in [0.05, 0.1) is 19.8 Å². The standard InChI is InChI=1S/C54H93O11P/c1-4-7-10-13-16-19-22-24-25-27-30-33-36-39-42-45-54(58)65-51(47-61-52(56)43-40-37-34-31-29-26-23-20-17-14-11-8-5-2)49-63-66(59,60)62-48-50(46-55)64-53(57)44-41-38-35-32-28-21-18-15-12-9-6-3/h8,11,15,17-18,20,24-26,29,34,37,50-51,55H,4-7,9-10,12-14,16,19,21-23,27-28,30-33,35-36,38-49H2,1-3H3,(H,59,60)/b11-8-,18-15-,20-17-,25-24-,29-26-,37-34-. The lowest BCUT2D eigenvalue weighted by Crippen LogP contribution is -2.30. The number of phosphoric ester groups is 1. The monoisotopic (exact) mass is 949 g/mol. The number of unbranched alkanes of at least 4 members (excludes halogenated alkanes) is 18. The highest BCUT2D eigenvalue weighted by molar-refractivity contribution is 7.47. The summed E-state index contributed by atoms with van der Waals surface area (Å²) in [7, 11) is -4.76. The summed E-state index contributed by atoms with van der Waals surface area (Å²) in [5, 5.41) is 9.75. The molecule has 0 saturated heterocycles. The molecule has 2 N–H and O–H groups in total. The maximum absolute atomic E-state index is 12.8. The number of aliphatic hydroxyl groups excluding tert-OH is 1. The molecule has 0 aromatic carbocycles. The highest BCUT2D eigenvalue weighted by Gasteiger charge is 2.28. The Hall–Kier alpha value is -3.08. The van der Waals surface area contributed by atoms with Crippen LogP contribution in [-0.2, 0) is 42.2 Å². The zero-order chi connectivity index (χ0) is 48.4. The first-order valence-electron chi connectivity index (χ1n) is 25.8. The van der Waals surface area contributed by atoms with E-state index < -0.39 is 57.8 Å². The van der Waals surface area contributed by atoms with E-state index in [4.69, 9.17) is 23.3 Å². The van der Waals surface area contributed by atoms with E-state index in [1.54, 1.807) is 0 Å². The first-order valence-corrected chi connectivity index (χ1v) is 27.3. The molecule has 12 heteroatoms. The molecule has 0 rings (SSSR count). The Morgan fingerprint density at radius 3 is 1.32 bits per heavy atom. The van der Waals surface area contributed by atoms with Crippen molar-refractivity contribution in [2.24, 2.45) is 0 Å². The van der Waals surface area contributed by atoms with Crippen molar-refractivity contribution in [3.05, 3.63) is 72.9 Å². The van der Waals surface area contributed by atoms with Crippen molar-refractivity contribution in [2.75, 3.05) is 26.4 Å². The number of hydrogen-bond donors (Lipinski definition) is 2. The number of esters is 3. The average molecular weight is 949 g/mol. The summed E-state index contributed by atoms with van der Waals surface area (Å²) in [6.45, 7) is 4.36. The molecule has 0 aliphatic carbocycles. The molecule has 3 atom stereocenters. The number of carbonyl (C=O) groups excluding carboxylic acids is 3. The molecule has 0 aliphatic heterocycles. The van der Waals surface area contributed by atoms with Crippen LogP contribution in [-0.4, -0.2) is 66.5 Å². The van der Waals surface area contributed by atoms with Crippen LogP contribution in [0.3, 0.4) is 0 Å². The van der Waals surface area contributed by atoms with E-state index in [1.165, 1.54) is 51.4 Å². The summed E-state index contributed by atoms with van der Waals surface area (Å²) in [5.41, 5.74) is 0. The lowest BCUT2D eigenvalue weighted by atomic mass is 10.1. The van der Waals surface area contributed by atoms with Gasteiger partial charge in [0.2, 0.25) is 0 Å². The van der Waals surface area contributed by atoms with Gasteiger partial charge in [0, 0.05) is 19.3 Å². The van der Waals surface area contributed by atoms with Gasteiger partial charge in [-0.25, -0.2) is 4.57 Å². The minimum atomic E-state index is -4.76. The molecule has 0 spiro atoms. The second kappa shape index (κ2) is 48.4. The summed E-state index contributed by atoms with van der Waals surface area (Å²) in [6, 6.07) is 0. The van der Waals surface area contributed by atoms with Crippen molar-refractivity contribution in [2.45, 2.75) is 226 Å². The summed E-state index contributed by atoms with van der Waals surface area (Å²) < 4.78 is 39.2. The van der Waals surface area contributed by atoms with Crippen LogP contribution in [0.15, 0.2) is 72.9 Å². The summed E-state index contributed by atoms with van der Waals surface area (Å²) in [6.07, 6.45) is 51.8. The molecule has 11 nitrogen and oxygen atoms in total. The summed E-state index contributed by atoms with van der Waals surface area (Å²) >= 11 is 0. The van der Waals surface area contributed by atoms with Crippen LogP contribution in [0.1, 0.15) is 213 Å². The van der Waals surface area contributed by atoms with Crippen LogP contribution in [0.5, 0.6) is 0 Å². The molecule has 0 radical (unpaired) electrons. The van der Waals surface area contributed by atoms with Gasteiger partial charge in [-0.1, -0.05) is 177 Å². The maximum Gasteiger partial charge on any atom is 0.472 e. The van der Waals surface area contributed by atoms with Crippen LogP contribution < -0.4 is 0 Å². The molecule has 0 heterocycles. The molecule has 0 amide bonds. The Kier molecular flexibility index (Phi) is 46.1. The predicted molar refractivity (Wildman–Crippen MR) is 270 cm³/mol. The molecule has 0 aromatic heterocycles. The SMILES string of the molecule is CC/C=C\C/C=C\C/C=C\C/C=C\CCC(=O)OCC(COP(=O)(O)OCC(CO)OC(=O)CCCCCCC/C=C\CCCC)OC(=O)CCCCCCC/C=C\CCCCCCCC. The number of hydrogen-bond acceptors (Lipinski definition) is 10. The summed E-state index contributed by atoms with van der Waals surface area (Å²) in [4.78, 5) is 48.2. The third-order valence-corrected chi connectivity index (χ3v) is 11.5. The highest BCUT2D eigenvalue weighted by Crippen LogP contribution is 2.43. The molecular weight excluding hydrogens is 856 g/mol. The van der Waals surface area contributed by atoms with Gasteiger partial charge in [0.25, 0.3) is 0 Å². The highest BCUT2D eigenvalue weighted by atomic mass is 31.2. The third-order valence-electron chi connectivity index (χ3n) is 10.6. The molecule has 0 saturated carbocycles. The smallest absolute Gasteiger partial charge is 0.462 e. The topological polar surface area (TPSA) is 155 Å². The molecular formula is C54H93O11P. The van der Waals surface area contributed by atoms with Crippen LogP contribution in [0.4, 0.5) is 0 Å². The van der Waals surface area contributed by atoms with E-state index in [0.717, 1.165) is 103 Å².